The molecule has 0 saturated carbocycles. The number of H-pyrrole nitrogens is 2. The van der Waals surface area contributed by atoms with Gasteiger partial charge >= 0.3 is 5.69 Å². The van der Waals surface area contributed by atoms with Gasteiger partial charge < -0.3 is 14.9 Å². The topological polar surface area (TPSA) is 100 Å². The van der Waals surface area contributed by atoms with Crippen molar-refractivity contribution < 1.29 is 0 Å². The van der Waals surface area contributed by atoms with E-state index in [2.05, 4.69) is 20.3 Å². The Balaban J connectivity index is 2.63. The number of aromatic nitrogens is 2. The zero-order valence-corrected chi connectivity index (χ0v) is 12.1. The second-order valence-corrected chi connectivity index (χ2v) is 5.01. The standard InChI is InChI=1S/C12H14N6OS/c1-18(2)10-5-8-7(15-11(19)16-8)4-9(10)17-12(20-3)14-6-13/h4-5H,1-3H3,(H,14,17)(H2,15,16,19). The van der Waals surface area contributed by atoms with E-state index in [4.69, 9.17) is 5.26 Å². The zero-order chi connectivity index (χ0) is 14.7. The quantitative estimate of drug-likeness (QED) is 0.335. The van der Waals surface area contributed by atoms with Gasteiger partial charge in [0.25, 0.3) is 0 Å². The summed E-state index contributed by atoms with van der Waals surface area (Å²) >= 11 is 1.34. The molecule has 7 nitrogen and oxygen atoms in total. The van der Waals surface area contributed by atoms with Crippen LogP contribution in [0.5, 0.6) is 0 Å². The van der Waals surface area contributed by atoms with E-state index in [1.54, 1.807) is 6.07 Å². The van der Waals surface area contributed by atoms with Crippen molar-refractivity contribution in [2.45, 2.75) is 0 Å². The fourth-order valence-corrected chi connectivity index (χ4v) is 2.13. The van der Waals surface area contributed by atoms with Gasteiger partial charge in [-0.2, -0.15) is 5.26 Å². The maximum Gasteiger partial charge on any atom is 0.323 e. The van der Waals surface area contributed by atoms with Gasteiger partial charge in [0.15, 0.2) is 11.4 Å². The summed E-state index contributed by atoms with van der Waals surface area (Å²) in [6.45, 7) is 0. The number of aromatic amines is 2. The molecule has 104 valence electrons. The Kier molecular flexibility index (Phi) is 4.00. The summed E-state index contributed by atoms with van der Waals surface area (Å²) in [5.41, 5.74) is 2.66. The van der Waals surface area contributed by atoms with Crippen LogP contribution in [0.3, 0.4) is 0 Å². The first-order valence-corrected chi connectivity index (χ1v) is 6.98. The van der Waals surface area contributed by atoms with Gasteiger partial charge in [-0.25, -0.2) is 9.79 Å². The summed E-state index contributed by atoms with van der Waals surface area (Å²) in [6.07, 6.45) is 3.68. The number of nitriles is 1. The van der Waals surface area contributed by atoms with Crippen molar-refractivity contribution in [3.8, 4) is 6.19 Å². The maximum absolute atomic E-state index is 11.3. The van der Waals surface area contributed by atoms with Crippen molar-refractivity contribution in [1.82, 2.24) is 15.3 Å². The number of hydrogen-bond acceptors (Lipinski definition) is 5. The van der Waals surface area contributed by atoms with E-state index in [0.717, 1.165) is 11.2 Å². The maximum atomic E-state index is 11.3. The molecule has 8 heteroatoms. The minimum atomic E-state index is -0.258. The predicted molar refractivity (Wildman–Crippen MR) is 82.6 cm³/mol. The van der Waals surface area contributed by atoms with Crippen LogP contribution in [0.1, 0.15) is 0 Å². The van der Waals surface area contributed by atoms with Crippen molar-refractivity contribution in [2.75, 3.05) is 25.3 Å². The average molecular weight is 290 g/mol. The molecule has 0 radical (unpaired) electrons. The molecule has 0 unspecified atom stereocenters. The Morgan fingerprint density at radius 1 is 1.40 bits per heavy atom. The molecule has 1 aromatic heterocycles. The molecule has 0 aliphatic heterocycles. The largest absolute Gasteiger partial charge is 0.376 e. The number of thioether (sulfide) groups is 1. The molecule has 0 aliphatic rings. The van der Waals surface area contributed by atoms with E-state index in [1.807, 2.05) is 37.5 Å². The van der Waals surface area contributed by atoms with Gasteiger partial charge in [-0.05, 0) is 18.4 Å². The molecule has 0 spiro atoms. The molecule has 0 fully saturated rings. The lowest BCUT2D eigenvalue weighted by molar-refractivity contribution is 1.13. The fraction of sp³-hybridized carbons (Fsp3) is 0.250. The second kappa shape index (κ2) is 5.71. The predicted octanol–water partition coefficient (Wildman–Crippen LogP) is 1.34. The molecule has 0 atom stereocenters. The summed E-state index contributed by atoms with van der Waals surface area (Å²) in [5, 5.41) is 11.7. The number of amidine groups is 1. The van der Waals surface area contributed by atoms with Gasteiger partial charge in [-0.15, -0.1) is 0 Å². The third-order valence-corrected chi connectivity index (χ3v) is 3.25. The highest BCUT2D eigenvalue weighted by Gasteiger charge is 2.09. The molecule has 0 aliphatic carbocycles. The Bertz CT molecular complexity index is 751. The normalized spacial score (nSPS) is 11.4. The van der Waals surface area contributed by atoms with Crippen LogP contribution in [0.15, 0.2) is 21.9 Å². The number of benzene rings is 1. The third kappa shape index (κ3) is 2.78. The van der Waals surface area contributed by atoms with Crippen LogP contribution in [0, 0.1) is 11.5 Å². The molecule has 0 amide bonds. The molecule has 0 saturated heterocycles. The molecule has 0 bridgehead atoms. The van der Waals surface area contributed by atoms with Gasteiger partial charge in [0.05, 0.1) is 22.4 Å². The summed E-state index contributed by atoms with van der Waals surface area (Å²) in [7, 11) is 3.78. The molecule has 2 rings (SSSR count). The smallest absolute Gasteiger partial charge is 0.323 e. The highest BCUT2D eigenvalue weighted by Crippen LogP contribution is 2.31. The number of imidazole rings is 1. The Hall–Kier alpha value is -2.40. The molecule has 3 N–H and O–H groups in total. The Morgan fingerprint density at radius 2 is 2.05 bits per heavy atom. The van der Waals surface area contributed by atoms with Crippen molar-refractivity contribution in [1.29, 1.82) is 5.26 Å². The van der Waals surface area contributed by atoms with E-state index in [0.29, 0.717) is 16.4 Å². The molecule has 1 heterocycles. The van der Waals surface area contributed by atoms with Crippen LogP contribution in [-0.2, 0) is 0 Å². The number of aliphatic imine (C=N–C) groups is 1. The van der Waals surface area contributed by atoms with Crippen molar-refractivity contribution in [3.63, 3.8) is 0 Å². The van der Waals surface area contributed by atoms with Crippen LogP contribution >= 0.6 is 11.8 Å². The number of nitrogens with one attached hydrogen (secondary N) is 3. The van der Waals surface area contributed by atoms with Gasteiger partial charge in [-0.1, -0.05) is 11.8 Å². The number of nitrogens with zero attached hydrogens (tertiary/aromatic N) is 3. The summed E-state index contributed by atoms with van der Waals surface area (Å²) in [4.78, 5) is 23.1. The summed E-state index contributed by atoms with van der Waals surface area (Å²) in [6, 6.07) is 3.62. The van der Waals surface area contributed by atoms with E-state index in [-0.39, 0.29) is 5.69 Å². The number of fused-ring (bicyclic) bond motifs is 1. The van der Waals surface area contributed by atoms with E-state index in [1.165, 1.54) is 11.8 Å². The zero-order valence-electron chi connectivity index (χ0n) is 11.3. The second-order valence-electron chi connectivity index (χ2n) is 4.22. The first-order valence-electron chi connectivity index (χ1n) is 5.76. The van der Waals surface area contributed by atoms with Gasteiger partial charge in [0.1, 0.15) is 0 Å². The van der Waals surface area contributed by atoms with E-state index in [9.17, 15) is 4.79 Å². The third-order valence-electron chi connectivity index (χ3n) is 2.67. The lowest BCUT2D eigenvalue weighted by Gasteiger charge is -2.15. The van der Waals surface area contributed by atoms with Gasteiger partial charge in [-0.3, -0.25) is 5.32 Å². The molecule has 2 aromatic rings. The lowest BCUT2D eigenvalue weighted by Crippen LogP contribution is -2.13. The van der Waals surface area contributed by atoms with E-state index < -0.39 is 0 Å². The van der Waals surface area contributed by atoms with Crippen LogP contribution in [0.2, 0.25) is 0 Å². The minimum Gasteiger partial charge on any atom is -0.376 e. The number of rotatable bonds is 2. The average Bonchev–Trinajstić information content (AvgIpc) is 2.76. The highest BCUT2D eigenvalue weighted by molar-refractivity contribution is 8.13. The highest BCUT2D eigenvalue weighted by atomic mass is 32.2. The van der Waals surface area contributed by atoms with Crippen LogP contribution < -0.4 is 15.9 Å². The Labute approximate surface area is 119 Å². The molecular weight excluding hydrogens is 276 g/mol. The molecule has 20 heavy (non-hydrogen) atoms. The van der Waals surface area contributed by atoms with Crippen LogP contribution in [0.25, 0.3) is 11.0 Å². The van der Waals surface area contributed by atoms with Gasteiger partial charge in [0, 0.05) is 14.1 Å². The van der Waals surface area contributed by atoms with Crippen molar-refractivity contribution >= 4 is 39.3 Å². The minimum absolute atomic E-state index is 0.258. The van der Waals surface area contributed by atoms with E-state index >= 15 is 0 Å². The van der Waals surface area contributed by atoms with Crippen molar-refractivity contribution in [3.05, 3.63) is 22.6 Å². The molecular formula is C12H14N6OS. The van der Waals surface area contributed by atoms with Gasteiger partial charge in [0.2, 0.25) is 0 Å². The first kappa shape index (κ1) is 14.0. The summed E-state index contributed by atoms with van der Waals surface area (Å²) in [5.74, 6) is 0. The van der Waals surface area contributed by atoms with Crippen molar-refractivity contribution in [2.24, 2.45) is 4.99 Å². The number of hydrogen-bond donors (Lipinski definition) is 3. The number of anilines is 1. The first-order chi connectivity index (χ1) is 9.55. The monoisotopic (exact) mass is 290 g/mol. The van der Waals surface area contributed by atoms with Crippen LogP contribution in [-0.4, -0.2) is 35.5 Å². The lowest BCUT2D eigenvalue weighted by atomic mass is 10.2. The summed E-state index contributed by atoms with van der Waals surface area (Å²) < 4.78 is 0. The fourth-order valence-electron chi connectivity index (χ4n) is 1.79. The molecule has 1 aromatic carbocycles. The van der Waals surface area contributed by atoms with Crippen LogP contribution in [0.4, 0.5) is 11.4 Å². The Morgan fingerprint density at radius 3 is 2.60 bits per heavy atom. The SMILES string of the molecule is CSC(=Nc1cc2[nH]c(=O)[nH]c2cc1N(C)C)NC#N.